The molecule has 1 heterocycles. The number of hydrogen-bond donors (Lipinski definition) is 1. The highest BCUT2D eigenvalue weighted by Gasteiger charge is 2.35. The minimum absolute atomic E-state index is 0.0730. The molecule has 1 N–H and O–H groups in total. The molecule has 0 spiro atoms. The molecule has 2 heteroatoms. The van der Waals surface area contributed by atoms with Crippen LogP contribution in [0.2, 0.25) is 0 Å². The smallest absolute Gasteiger partial charge is 0.118 e. The van der Waals surface area contributed by atoms with Crippen LogP contribution in [0.4, 0.5) is 0 Å². The van der Waals surface area contributed by atoms with E-state index in [0.717, 1.165) is 18.6 Å². The van der Waals surface area contributed by atoms with Gasteiger partial charge in [0, 0.05) is 11.1 Å². The summed E-state index contributed by atoms with van der Waals surface area (Å²) in [5.41, 5.74) is 4.62. The Kier molecular flexibility index (Phi) is 3.97. The summed E-state index contributed by atoms with van der Waals surface area (Å²) in [5, 5.41) is 3.74. The lowest BCUT2D eigenvalue weighted by molar-refractivity contribution is 0.267. The maximum Gasteiger partial charge on any atom is 0.118 e. The predicted molar refractivity (Wildman–Crippen MR) is 85.3 cm³/mol. The summed E-state index contributed by atoms with van der Waals surface area (Å²) in [5.74, 6) is 0.922. The van der Waals surface area contributed by atoms with Crippen molar-refractivity contribution in [3.63, 3.8) is 0 Å². The van der Waals surface area contributed by atoms with Crippen LogP contribution in [0.25, 0.3) is 0 Å². The topological polar surface area (TPSA) is 21.3 Å². The van der Waals surface area contributed by atoms with Gasteiger partial charge in [0.05, 0.1) is 7.11 Å². The summed E-state index contributed by atoms with van der Waals surface area (Å²) in [6.45, 7) is 11.4. The molecular weight excluding hydrogens is 246 g/mol. The van der Waals surface area contributed by atoms with Crippen molar-refractivity contribution in [3.05, 3.63) is 41.0 Å². The van der Waals surface area contributed by atoms with E-state index in [1.165, 1.54) is 11.1 Å². The standard InChI is InChI=1S/C18H27NO/c1-13-15(12-17(2,3)19-18(13,4)5)11-14-7-9-16(20-6)10-8-14/h7-10,19H,11-12H2,1-6H3. The van der Waals surface area contributed by atoms with E-state index in [9.17, 15) is 0 Å². The molecule has 0 amide bonds. The van der Waals surface area contributed by atoms with E-state index < -0.39 is 0 Å². The van der Waals surface area contributed by atoms with Gasteiger partial charge in [0.25, 0.3) is 0 Å². The fraction of sp³-hybridized carbons (Fsp3) is 0.556. The molecule has 1 aliphatic rings. The van der Waals surface area contributed by atoms with Gasteiger partial charge in [-0.25, -0.2) is 0 Å². The second-order valence-electron chi connectivity index (χ2n) is 7.06. The Morgan fingerprint density at radius 1 is 1.10 bits per heavy atom. The largest absolute Gasteiger partial charge is 0.497 e. The fourth-order valence-corrected chi connectivity index (χ4v) is 3.28. The van der Waals surface area contributed by atoms with Crippen LogP contribution in [0.1, 0.15) is 46.6 Å². The molecular formula is C18H27NO. The van der Waals surface area contributed by atoms with Crippen molar-refractivity contribution in [2.24, 2.45) is 0 Å². The molecule has 0 fully saturated rings. The molecule has 110 valence electrons. The van der Waals surface area contributed by atoms with Gasteiger partial charge in [0.1, 0.15) is 5.75 Å². The molecule has 0 aliphatic carbocycles. The maximum absolute atomic E-state index is 5.22. The van der Waals surface area contributed by atoms with E-state index in [2.05, 4.69) is 52.1 Å². The summed E-state index contributed by atoms with van der Waals surface area (Å²) >= 11 is 0. The van der Waals surface area contributed by atoms with Crippen molar-refractivity contribution in [1.29, 1.82) is 0 Å². The van der Waals surface area contributed by atoms with Crippen LogP contribution in [0, 0.1) is 0 Å². The van der Waals surface area contributed by atoms with Gasteiger partial charge in [-0.15, -0.1) is 0 Å². The molecule has 1 aromatic carbocycles. The second kappa shape index (κ2) is 5.25. The molecule has 0 radical (unpaired) electrons. The monoisotopic (exact) mass is 273 g/mol. The summed E-state index contributed by atoms with van der Waals surface area (Å²) in [4.78, 5) is 0. The number of hydrogen-bond acceptors (Lipinski definition) is 2. The first-order chi connectivity index (χ1) is 9.23. The van der Waals surface area contributed by atoms with Crippen molar-refractivity contribution in [2.45, 2.75) is 58.5 Å². The zero-order valence-corrected chi connectivity index (χ0v) is 13.6. The minimum Gasteiger partial charge on any atom is -0.497 e. The van der Waals surface area contributed by atoms with Crippen LogP contribution in [0.15, 0.2) is 35.4 Å². The summed E-state index contributed by atoms with van der Waals surface area (Å²) in [6, 6.07) is 8.42. The third kappa shape index (κ3) is 3.24. The van der Waals surface area contributed by atoms with Crippen molar-refractivity contribution in [2.75, 3.05) is 7.11 Å². The number of ether oxygens (including phenoxy) is 1. The Balaban J connectivity index is 2.26. The number of benzene rings is 1. The SMILES string of the molecule is COc1ccc(CC2=C(C)C(C)(C)NC(C)(C)C2)cc1. The van der Waals surface area contributed by atoms with Crippen molar-refractivity contribution >= 4 is 0 Å². The first-order valence-corrected chi connectivity index (χ1v) is 7.35. The van der Waals surface area contributed by atoms with Gasteiger partial charge in [-0.3, -0.25) is 0 Å². The molecule has 0 unspecified atom stereocenters. The third-order valence-corrected chi connectivity index (χ3v) is 4.35. The zero-order valence-electron chi connectivity index (χ0n) is 13.6. The Morgan fingerprint density at radius 3 is 2.25 bits per heavy atom. The van der Waals surface area contributed by atoms with Gasteiger partial charge in [-0.2, -0.15) is 0 Å². The number of nitrogens with one attached hydrogen (secondary N) is 1. The molecule has 1 aromatic rings. The minimum atomic E-state index is 0.0730. The summed E-state index contributed by atoms with van der Waals surface area (Å²) in [6.07, 6.45) is 2.14. The lowest BCUT2D eigenvalue weighted by Crippen LogP contribution is -2.56. The van der Waals surface area contributed by atoms with E-state index in [1.54, 1.807) is 12.7 Å². The molecule has 1 aliphatic heterocycles. The Bertz CT molecular complexity index is 509. The molecule has 0 aromatic heterocycles. The van der Waals surface area contributed by atoms with Crippen LogP contribution in [0.3, 0.4) is 0 Å². The van der Waals surface area contributed by atoms with Crippen molar-refractivity contribution < 1.29 is 4.74 Å². The van der Waals surface area contributed by atoms with Gasteiger partial charge < -0.3 is 10.1 Å². The van der Waals surface area contributed by atoms with Crippen LogP contribution in [-0.4, -0.2) is 18.2 Å². The predicted octanol–water partition coefficient (Wildman–Crippen LogP) is 4.10. The first kappa shape index (κ1) is 15.1. The summed E-state index contributed by atoms with van der Waals surface area (Å²) < 4.78 is 5.22. The van der Waals surface area contributed by atoms with Crippen LogP contribution in [-0.2, 0) is 6.42 Å². The second-order valence-corrected chi connectivity index (χ2v) is 7.06. The van der Waals surface area contributed by atoms with E-state index >= 15 is 0 Å². The molecule has 0 saturated carbocycles. The highest BCUT2D eigenvalue weighted by atomic mass is 16.5. The average molecular weight is 273 g/mol. The highest BCUT2D eigenvalue weighted by Crippen LogP contribution is 2.35. The lowest BCUT2D eigenvalue weighted by atomic mass is 9.76. The molecule has 0 saturated heterocycles. The van der Waals surface area contributed by atoms with E-state index in [0.29, 0.717) is 0 Å². The van der Waals surface area contributed by atoms with Gasteiger partial charge in [-0.05, 0) is 65.2 Å². The first-order valence-electron chi connectivity index (χ1n) is 7.35. The molecule has 2 nitrogen and oxygen atoms in total. The van der Waals surface area contributed by atoms with E-state index in [4.69, 9.17) is 4.74 Å². The lowest BCUT2D eigenvalue weighted by Gasteiger charge is -2.45. The zero-order chi connectivity index (χ0) is 15.0. The molecule has 0 bridgehead atoms. The normalized spacial score (nSPS) is 20.9. The van der Waals surface area contributed by atoms with Crippen molar-refractivity contribution in [1.82, 2.24) is 5.32 Å². The van der Waals surface area contributed by atoms with Crippen LogP contribution in [0.5, 0.6) is 5.75 Å². The number of methoxy groups -OCH3 is 1. The third-order valence-electron chi connectivity index (χ3n) is 4.35. The Labute approximate surface area is 123 Å². The molecule has 20 heavy (non-hydrogen) atoms. The van der Waals surface area contributed by atoms with Gasteiger partial charge in [0.2, 0.25) is 0 Å². The quantitative estimate of drug-likeness (QED) is 0.837. The van der Waals surface area contributed by atoms with Crippen LogP contribution >= 0.6 is 0 Å². The number of rotatable bonds is 3. The van der Waals surface area contributed by atoms with Gasteiger partial charge in [0.15, 0.2) is 0 Å². The van der Waals surface area contributed by atoms with E-state index in [1.807, 2.05) is 12.1 Å². The Hall–Kier alpha value is -1.28. The maximum atomic E-state index is 5.22. The fourth-order valence-electron chi connectivity index (χ4n) is 3.28. The average Bonchev–Trinajstić information content (AvgIpc) is 2.35. The highest BCUT2D eigenvalue weighted by molar-refractivity contribution is 5.35. The molecule has 2 rings (SSSR count). The Morgan fingerprint density at radius 2 is 1.70 bits per heavy atom. The van der Waals surface area contributed by atoms with Crippen molar-refractivity contribution in [3.8, 4) is 5.75 Å². The summed E-state index contributed by atoms with van der Waals surface area (Å²) in [7, 11) is 1.71. The van der Waals surface area contributed by atoms with Crippen LogP contribution < -0.4 is 10.1 Å². The molecule has 0 atom stereocenters. The van der Waals surface area contributed by atoms with Gasteiger partial charge >= 0.3 is 0 Å². The van der Waals surface area contributed by atoms with E-state index in [-0.39, 0.29) is 11.1 Å². The van der Waals surface area contributed by atoms with Gasteiger partial charge in [-0.1, -0.05) is 23.3 Å².